The first-order chi connectivity index (χ1) is 8.33. The van der Waals surface area contributed by atoms with Crippen molar-refractivity contribution in [3.63, 3.8) is 0 Å². The van der Waals surface area contributed by atoms with Gasteiger partial charge in [-0.3, -0.25) is 4.90 Å². The Balaban J connectivity index is 1.68. The molecule has 4 nitrogen and oxygen atoms in total. The topological polar surface area (TPSA) is 41.3 Å². The summed E-state index contributed by atoms with van der Waals surface area (Å²) in [7, 11) is 2.13. The van der Waals surface area contributed by atoms with E-state index in [1.54, 1.807) is 17.6 Å². The molecule has 2 aromatic heterocycles. The summed E-state index contributed by atoms with van der Waals surface area (Å²) in [6, 6.07) is 4.67. The van der Waals surface area contributed by atoms with Crippen LogP contribution in [-0.2, 0) is 6.54 Å². The summed E-state index contributed by atoms with van der Waals surface area (Å²) in [5.41, 5.74) is 1.00. The average Bonchev–Trinajstić information content (AvgIpc) is 2.82. The van der Waals surface area contributed by atoms with Crippen LogP contribution in [-0.4, -0.2) is 36.1 Å². The summed E-state index contributed by atoms with van der Waals surface area (Å²) in [5.74, 6) is 0.732. The number of thiophene rings is 1. The van der Waals surface area contributed by atoms with Crippen LogP contribution in [0.2, 0.25) is 0 Å². The Morgan fingerprint density at radius 3 is 3.12 bits per heavy atom. The highest BCUT2D eigenvalue weighted by atomic mass is 32.1. The van der Waals surface area contributed by atoms with Crippen molar-refractivity contribution in [2.24, 2.45) is 0 Å². The van der Waals surface area contributed by atoms with Crippen molar-refractivity contribution in [1.82, 2.24) is 15.2 Å². The Morgan fingerprint density at radius 1 is 1.59 bits per heavy atom. The van der Waals surface area contributed by atoms with Crippen LogP contribution in [0.3, 0.4) is 0 Å². The van der Waals surface area contributed by atoms with Crippen LogP contribution in [0.4, 0.5) is 0 Å². The van der Waals surface area contributed by atoms with Gasteiger partial charge in [0.25, 0.3) is 0 Å². The van der Waals surface area contributed by atoms with E-state index >= 15 is 0 Å². The lowest BCUT2D eigenvalue weighted by atomic mass is 10.1. The lowest BCUT2D eigenvalue weighted by molar-refractivity contribution is 0.171. The molecule has 5 heteroatoms. The first kappa shape index (κ1) is 11.0. The highest BCUT2D eigenvalue weighted by molar-refractivity contribution is 7.13. The fourth-order valence-electron chi connectivity index (χ4n) is 1.86. The van der Waals surface area contributed by atoms with E-state index in [2.05, 4.69) is 22.2 Å². The second-order valence-electron chi connectivity index (χ2n) is 4.35. The molecule has 1 fully saturated rings. The van der Waals surface area contributed by atoms with Crippen LogP contribution >= 0.6 is 11.3 Å². The van der Waals surface area contributed by atoms with Crippen molar-refractivity contribution >= 4 is 11.3 Å². The predicted molar refractivity (Wildman–Crippen MR) is 67.9 cm³/mol. The maximum absolute atomic E-state index is 5.50. The smallest absolute Gasteiger partial charge is 0.236 e. The van der Waals surface area contributed by atoms with Gasteiger partial charge in [-0.1, -0.05) is 6.07 Å². The van der Waals surface area contributed by atoms with Crippen LogP contribution in [0.1, 0.15) is 5.69 Å². The zero-order valence-electron chi connectivity index (χ0n) is 9.72. The molecule has 0 radical (unpaired) electrons. The third-order valence-electron chi connectivity index (χ3n) is 3.08. The average molecular weight is 249 g/mol. The van der Waals surface area contributed by atoms with E-state index in [-0.39, 0.29) is 0 Å². The molecule has 17 heavy (non-hydrogen) atoms. The molecule has 1 aliphatic rings. The van der Waals surface area contributed by atoms with Crippen LogP contribution in [0, 0.1) is 0 Å². The summed E-state index contributed by atoms with van der Waals surface area (Å²) in [5, 5.41) is 5.30. The van der Waals surface area contributed by atoms with Crippen molar-refractivity contribution in [3.8, 4) is 10.8 Å². The number of aromatic nitrogens is 1. The van der Waals surface area contributed by atoms with Crippen LogP contribution in [0.25, 0.3) is 10.8 Å². The Labute approximate surface area is 104 Å². The molecule has 0 aromatic carbocycles. The summed E-state index contributed by atoms with van der Waals surface area (Å²) in [6.45, 7) is 3.00. The Morgan fingerprint density at radius 2 is 2.47 bits per heavy atom. The molecule has 3 heterocycles. The lowest BCUT2D eigenvalue weighted by Gasteiger charge is -2.35. The maximum Gasteiger partial charge on any atom is 0.236 e. The minimum Gasteiger partial charge on any atom is -0.444 e. The van der Waals surface area contributed by atoms with Crippen LogP contribution in [0.5, 0.6) is 0 Å². The first-order valence-corrected chi connectivity index (χ1v) is 6.60. The highest BCUT2D eigenvalue weighted by Crippen LogP contribution is 2.24. The van der Waals surface area contributed by atoms with Crippen LogP contribution < -0.4 is 5.32 Å². The van der Waals surface area contributed by atoms with Gasteiger partial charge in [0.2, 0.25) is 5.89 Å². The van der Waals surface area contributed by atoms with Gasteiger partial charge in [-0.2, -0.15) is 0 Å². The number of nitrogens with zero attached hydrogens (tertiary/aromatic N) is 2. The van der Waals surface area contributed by atoms with Crippen molar-refractivity contribution < 1.29 is 4.42 Å². The normalized spacial score (nSPS) is 16.4. The maximum atomic E-state index is 5.50. The molecule has 0 amide bonds. The SMILES string of the molecule is CN(Cc1coc(-c2cccs2)n1)C1CNC1. The summed E-state index contributed by atoms with van der Waals surface area (Å²) >= 11 is 1.65. The van der Waals surface area contributed by atoms with Gasteiger partial charge in [0, 0.05) is 25.7 Å². The minimum atomic E-state index is 0.636. The number of oxazole rings is 1. The minimum absolute atomic E-state index is 0.636. The van der Waals surface area contributed by atoms with Gasteiger partial charge >= 0.3 is 0 Å². The van der Waals surface area contributed by atoms with Gasteiger partial charge in [0.15, 0.2) is 0 Å². The summed E-state index contributed by atoms with van der Waals surface area (Å²) in [6.07, 6.45) is 1.76. The Kier molecular flexibility index (Phi) is 2.96. The summed E-state index contributed by atoms with van der Waals surface area (Å²) in [4.78, 5) is 7.91. The van der Waals surface area contributed by atoms with E-state index in [1.165, 1.54) is 0 Å². The molecule has 3 rings (SSSR count). The largest absolute Gasteiger partial charge is 0.444 e. The highest BCUT2D eigenvalue weighted by Gasteiger charge is 2.22. The molecule has 0 saturated carbocycles. The molecule has 1 aliphatic heterocycles. The standard InChI is InChI=1S/C12H15N3OS/c1-15(10-5-13-6-10)7-9-8-16-12(14-9)11-3-2-4-17-11/h2-4,8,10,13H,5-7H2,1H3. The zero-order valence-corrected chi connectivity index (χ0v) is 10.5. The zero-order chi connectivity index (χ0) is 11.7. The van der Waals surface area contributed by atoms with Gasteiger partial charge < -0.3 is 9.73 Å². The second kappa shape index (κ2) is 4.60. The van der Waals surface area contributed by atoms with E-state index in [4.69, 9.17) is 4.42 Å². The second-order valence-corrected chi connectivity index (χ2v) is 5.30. The Hall–Kier alpha value is -1.17. The monoisotopic (exact) mass is 249 g/mol. The number of rotatable bonds is 4. The van der Waals surface area contributed by atoms with E-state index in [9.17, 15) is 0 Å². The molecule has 0 aliphatic carbocycles. The van der Waals surface area contributed by atoms with Gasteiger partial charge in [-0.15, -0.1) is 11.3 Å². The third kappa shape index (κ3) is 2.26. The first-order valence-electron chi connectivity index (χ1n) is 5.72. The van der Waals surface area contributed by atoms with Gasteiger partial charge in [-0.05, 0) is 18.5 Å². The Bertz CT molecular complexity index is 476. The van der Waals surface area contributed by atoms with Crippen molar-refractivity contribution in [2.45, 2.75) is 12.6 Å². The van der Waals surface area contributed by atoms with Gasteiger partial charge in [0.05, 0.1) is 10.6 Å². The fourth-order valence-corrected chi connectivity index (χ4v) is 2.52. The van der Waals surface area contributed by atoms with Crippen LogP contribution in [0.15, 0.2) is 28.2 Å². The lowest BCUT2D eigenvalue weighted by Crippen LogP contribution is -2.55. The molecule has 0 bridgehead atoms. The molecular weight excluding hydrogens is 234 g/mol. The van der Waals surface area contributed by atoms with E-state index in [0.717, 1.165) is 36.1 Å². The van der Waals surface area contributed by atoms with Crippen molar-refractivity contribution in [1.29, 1.82) is 0 Å². The molecule has 0 atom stereocenters. The van der Waals surface area contributed by atoms with E-state index in [0.29, 0.717) is 6.04 Å². The van der Waals surface area contributed by atoms with Crippen molar-refractivity contribution in [3.05, 3.63) is 29.5 Å². The molecule has 1 saturated heterocycles. The van der Waals surface area contributed by atoms with E-state index < -0.39 is 0 Å². The number of hydrogen-bond donors (Lipinski definition) is 1. The van der Waals surface area contributed by atoms with Crippen molar-refractivity contribution in [2.75, 3.05) is 20.1 Å². The number of nitrogens with one attached hydrogen (secondary N) is 1. The molecule has 2 aromatic rings. The molecular formula is C12H15N3OS. The van der Waals surface area contributed by atoms with E-state index in [1.807, 2.05) is 17.5 Å². The third-order valence-corrected chi connectivity index (χ3v) is 3.94. The quantitative estimate of drug-likeness (QED) is 0.897. The number of hydrogen-bond acceptors (Lipinski definition) is 5. The van der Waals surface area contributed by atoms with Gasteiger partial charge in [0.1, 0.15) is 6.26 Å². The number of likely N-dealkylation sites (N-methyl/N-ethyl adjacent to an activating group) is 1. The predicted octanol–water partition coefficient (Wildman–Crippen LogP) is 1.81. The molecule has 0 spiro atoms. The molecule has 0 unspecified atom stereocenters. The molecule has 1 N–H and O–H groups in total. The van der Waals surface area contributed by atoms with Gasteiger partial charge in [-0.25, -0.2) is 4.98 Å². The molecule has 90 valence electrons. The summed E-state index contributed by atoms with van der Waals surface area (Å²) < 4.78 is 5.50. The fraction of sp³-hybridized carbons (Fsp3) is 0.417.